The molecule has 1 saturated carbocycles. The summed E-state index contributed by atoms with van der Waals surface area (Å²) in [5.41, 5.74) is 0. The Morgan fingerprint density at radius 3 is 2.88 bits per heavy atom. The minimum Gasteiger partial charge on any atom is -0.396 e. The minimum atomic E-state index is 0.338. The lowest BCUT2D eigenvalue weighted by atomic mass is 10.0. The standard InChI is InChI=1S/C13H25NO2/c1-10(8-12-5-3-7-16-12)14-13-6-2-4-11(13)9-15/h10-15H,2-9H2,1H3. The molecule has 16 heavy (non-hydrogen) atoms. The second-order valence-electron chi connectivity index (χ2n) is 5.42. The van der Waals surface area contributed by atoms with E-state index in [0.717, 1.165) is 13.0 Å². The van der Waals surface area contributed by atoms with Crippen LogP contribution in [0.3, 0.4) is 0 Å². The lowest BCUT2D eigenvalue weighted by Gasteiger charge is -2.25. The van der Waals surface area contributed by atoms with Crippen molar-refractivity contribution in [2.75, 3.05) is 13.2 Å². The second kappa shape index (κ2) is 5.99. The smallest absolute Gasteiger partial charge is 0.0590 e. The third kappa shape index (κ3) is 3.19. The SMILES string of the molecule is CC(CC1CCCO1)NC1CCCC1CO. The molecule has 2 fully saturated rings. The number of aliphatic hydroxyl groups is 1. The molecule has 3 nitrogen and oxygen atoms in total. The van der Waals surface area contributed by atoms with E-state index >= 15 is 0 Å². The van der Waals surface area contributed by atoms with Gasteiger partial charge in [0, 0.05) is 25.3 Å². The molecular weight excluding hydrogens is 202 g/mol. The number of hydrogen-bond donors (Lipinski definition) is 2. The summed E-state index contributed by atoms with van der Waals surface area (Å²) in [6, 6.07) is 1.04. The molecule has 1 saturated heterocycles. The quantitative estimate of drug-likeness (QED) is 0.751. The van der Waals surface area contributed by atoms with Crippen LogP contribution in [0.1, 0.15) is 45.4 Å². The van der Waals surface area contributed by atoms with E-state index in [0.29, 0.717) is 30.7 Å². The summed E-state index contributed by atoms with van der Waals surface area (Å²) in [4.78, 5) is 0. The van der Waals surface area contributed by atoms with Gasteiger partial charge >= 0.3 is 0 Å². The van der Waals surface area contributed by atoms with E-state index in [9.17, 15) is 5.11 Å². The highest BCUT2D eigenvalue weighted by molar-refractivity contribution is 4.85. The Labute approximate surface area is 98.6 Å². The van der Waals surface area contributed by atoms with Crippen molar-refractivity contribution in [1.29, 1.82) is 0 Å². The van der Waals surface area contributed by atoms with Crippen molar-refractivity contribution in [1.82, 2.24) is 5.32 Å². The first-order valence-electron chi connectivity index (χ1n) is 6.78. The molecule has 0 aromatic carbocycles. The zero-order valence-corrected chi connectivity index (χ0v) is 10.3. The fourth-order valence-corrected chi connectivity index (χ4v) is 3.13. The van der Waals surface area contributed by atoms with Crippen molar-refractivity contribution in [3.8, 4) is 0 Å². The van der Waals surface area contributed by atoms with Crippen molar-refractivity contribution in [2.24, 2.45) is 5.92 Å². The van der Waals surface area contributed by atoms with Gasteiger partial charge in [0.25, 0.3) is 0 Å². The van der Waals surface area contributed by atoms with Gasteiger partial charge in [-0.25, -0.2) is 0 Å². The molecule has 1 heterocycles. The Kier molecular flexibility index (Phi) is 4.62. The van der Waals surface area contributed by atoms with Crippen LogP contribution in [0.15, 0.2) is 0 Å². The first kappa shape index (κ1) is 12.3. The van der Waals surface area contributed by atoms with Gasteiger partial charge in [-0.1, -0.05) is 6.42 Å². The van der Waals surface area contributed by atoms with Crippen molar-refractivity contribution in [3.05, 3.63) is 0 Å². The van der Waals surface area contributed by atoms with Gasteiger partial charge in [0.15, 0.2) is 0 Å². The maximum absolute atomic E-state index is 9.27. The molecule has 0 aromatic rings. The first-order valence-corrected chi connectivity index (χ1v) is 6.78. The monoisotopic (exact) mass is 227 g/mol. The van der Waals surface area contributed by atoms with Crippen LogP contribution in [0, 0.1) is 5.92 Å². The molecule has 0 aromatic heterocycles. The van der Waals surface area contributed by atoms with Gasteiger partial charge in [-0.15, -0.1) is 0 Å². The van der Waals surface area contributed by atoms with Crippen molar-refractivity contribution in [3.63, 3.8) is 0 Å². The average Bonchev–Trinajstić information content (AvgIpc) is 2.88. The maximum Gasteiger partial charge on any atom is 0.0590 e. The highest BCUT2D eigenvalue weighted by Gasteiger charge is 2.28. The van der Waals surface area contributed by atoms with E-state index < -0.39 is 0 Å². The molecule has 1 aliphatic carbocycles. The zero-order valence-electron chi connectivity index (χ0n) is 10.3. The molecule has 94 valence electrons. The first-order chi connectivity index (χ1) is 7.79. The van der Waals surface area contributed by atoms with Gasteiger partial charge in [-0.2, -0.15) is 0 Å². The number of hydrogen-bond acceptors (Lipinski definition) is 3. The topological polar surface area (TPSA) is 41.5 Å². The van der Waals surface area contributed by atoms with E-state index in [2.05, 4.69) is 12.2 Å². The highest BCUT2D eigenvalue weighted by Crippen LogP contribution is 2.26. The Balaban J connectivity index is 1.71. The molecule has 0 amide bonds. The van der Waals surface area contributed by atoms with Gasteiger partial charge in [-0.3, -0.25) is 0 Å². The molecule has 3 heteroatoms. The van der Waals surface area contributed by atoms with Crippen LogP contribution in [-0.4, -0.2) is 36.5 Å². The fourth-order valence-electron chi connectivity index (χ4n) is 3.13. The maximum atomic E-state index is 9.27. The molecule has 0 radical (unpaired) electrons. The number of aliphatic hydroxyl groups excluding tert-OH is 1. The van der Waals surface area contributed by atoms with Crippen molar-refractivity contribution >= 4 is 0 Å². The molecule has 0 bridgehead atoms. The van der Waals surface area contributed by atoms with Gasteiger partial charge in [0.05, 0.1) is 6.10 Å². The second-order valence-corrected chi connectivity index (χ2v) is 5.42. The number of ether oxygens (including phenoxy) is 1. The molecule has 4 unspecified atom stereocenters. The van der Waals surface area contributed by atoms with E-state index in [4.69, 9.17) is 4.74 Å². The summed E-state index contributed by atoms with van der Waals surface area (Å²) in [5.74, 6) is 0.479. The van der Waals surface area contributed by atoms with E-state index in [-0.39, 0.29) is 0 Å². The van der Waals surface area contributed by atoms with Crippen LogP contribution >= 0.6 is 0 Å². The van der Waals surface area contributed by atoms with Crippen LogP contribution in [0.5, 0.6) is 0 Å². The lowest BCUT2D eigenvalue weighted by Crippen LogP contribution is -2.41. The van der Waals surface area contributed by atoms with Gasteiger partial charge in [0.2, 0.25) is 0 Å². The van der Waals surface area contributed by atoms with Gasteiger partial charge in [-0.05, 0) is 44.9 Å². The van der Waals surface area contributed by atoms with E-state index in [1.54, 1.807) is 0 Å². The van der Waals surface area contributed by atoms with Gasteiger partial charge in [0.1, 0.15) is 0 Å². The summed E-state index contributed by atoms with van der Waals surface area (Å²) in [5, 5.41) is 12.9. The van der Waals surface area contributed by atoms with Crippen LogP contribution in [0.4, 0.5) is 0 Å². The third-order valence-electron chi connectivity index (χ3n) is 4.03. The summed E-state index contributed by atoms with van der Waals surface area (Å²) in [6.45, 7) is 3.53. The van der Waals surface area contributed by atoms with Crippen LogP contribution in [0.25, 0.3) is 0 Å². The largest absolute Gasteiger partial charge is 0.396 e. The predicted molar refractivity (Wildman–Crippen MR) is 64.4 cm³/mol. The molecule has 0 spiro atoms. The lowest BCUT2D eigenvalue weighted by molar-refractivity contribution is 0.0931. The highest BCUT2D eigenvalue weighted by atomic mass is 16.5. The summed E-state index contributed by atoms with van der Waals surface area (Å²) in [7, 11) is 0. The average molecular weight is 227 g/mol. The van der Waals surface area contributed by atoms with Crippen LogP contribution in [-0.2, 0) is 4.74 Å². The Morgan fingerprint density at radius 1 is 1.31 bits per heavy atom. The zero-order chi connectivity index (χ0) is 11.4. The molecule has 4 atom stereocenters. The molecule has 2 N–H and O–H groups in total. The van der Waals surface area contributed by atoms with Crippen LogP contribution < -0.4 is 5.32 Å². The molecule has 2 rings (SSSR count). The fraction of sp³-hybridized carbons (Fsp3) is 1.00. The van der Waals surface area contributed by atoms with Crippen LogP contribution in [0.2, 0.25) is 0 Å². The Hall–Kier alpha value is -0.120. The molecule has 2 aliphatic rings. The van der Waals surface area contributed by atoms with Crippen molar-refractivity contribution < 1.29 is 9.84 Å². The summed E-state index contributed by atoms with van der Waals surface area (Å²) in [6.07, 6.45) is 7.70. The normalized spacial score (nSPS) is 36.8. The van der Waals surface area contributed by atoms with E-state index in [1.165, 1.54) is 32.1 Å². The summed E-state index contributed by atoms with van der Waals surface area (Å²) < 4.78 is 5.65. The Morgan fingerprint density at radius 2 is 2.19 bits per heavy atom. The molecular formula is C13H25NO2. The summed E-state index contributed by atoms with van der Waals surface area (Å²) >= 11 is 0. The Bertz CT molecular complexity index is 204. The third-order valence-corrected chi connectivity index (χ3v) is 4.03. The minimum absolute atomic E-state index is 0.338. The van der Waals surface area contributed by atoms with Crippen molar-refractivity contribution in [2.45, 2.75) is 63.6 Å². The number of rotatable bonds is 5. The van der Waals surface area contributed by atoms with E-state index in [1.807, 2.05) is 0 Å². The molecule has 1 aliphatic heterocycles. The van der Waals surface area contributed by atoms with Gasteiger partial charge < -0.3 is 15.2 Å². The number of nitrogens with one attached hydrogen (secondary N) is 1. The predicted octanol–water partition coefficient (Wildman–Crippen LogP) is 1.69.